The summed E-state index contributed by atoms with van der Waals surface area (Å²) in [5.41, 5.74) is 13.2. The summed E-state index contributed by atoms with van der Waals surface area (Å²) in [5, 5.41) is 4.87. The molecule has 0 fully saturated rings. The highest BCUT2D eigenvalue weighted by molar-refractivity contribution is 7.26. The fourth-order valence-corrected chi connectivity index (χ4v) is 9.93. The molecule has 12 rings (SSSR count). The zero-order valence-corrected chi connectivity index (χ0v) is 34.2. The highest BCUT2D eigenvalue weighted by atomic mass is 32.1. The van der Waals surface area contributed by atoms with Crippen LogP contribution in [-0.2, 0) is 0 Å². The lowest BCUT2D eigenvalue weighted by Crippen LogP contribution is -2.00. The third-order valence-corrected chi connectivity index (χ3v) is 12.9. The minimum absolute atomic E-state index is 0.623. The molecule has 0 aliphatic heterocycles. The van der Waals surface area contributed by atoms with Gasteiger partial charge in [0.05, 0.1) is 15.7 Å². The normalized spacial score (nSPS) is 11.5. The van der Waals surface area contributed by atoms with E-state index in [1.807, 2.05) is 48.8 Å². The Morgan fingerprint density at radius 1 is 0.355 bits per heavy atom. The van der Waals surface area contributed by atoms with Gasteiger partial charge in [-0.15, -0.1) is 11.3 Å². The van der Waals surface area contributed by atoms with Crippen molar-refractivity contribution in [1.29, 1.82) is 0 Å². The van der Waals surface area contributed by atoms with Crippen LogP contribution in [0.2, 0.25) is 0 Å². The summed E-state index contributed by atoms with van der Waals surface area (Å²) in [7, 11) is 0. The van der Waals surface area contributed by atoms with E-state index in [0.29, 0.717) is 17.5 Å². The average molecular weight is 810 g/mol. The van der Waals surface area contributed by atoms with Gasteiger partial charge in [0.15, 0.2) is 17.5 Å². The van der Waals surface area contributed by atoms with Gasteiger partial charge in [0, 0.05) is 66.6 Å². The smallest absolute Gasteiger partial charge is 0.164 e. The standard InChI is InChI=1S/C56H35N5S/c1-4-13-36(14-5-1)41-19-12-20-43(31-41)56-59-54(39-17-8-3-9-18-39)58-55(60-56)40-25-23-38(24-26-40)47-33-44(34-49-46-29-30-57-35-52(46)62-53(47)49)61-50-22-11-10-21-45(50)48-32-42(27-28-51(48)61)37-15-6-2-7-16-37/h1-35H. The van der Waals surface area contributed by atoms with Crippen molar-refractivity contribution in [3.63, 3.8) is 0 Å². The van der Waals surface area contributed by atoms with Crippen LogP contribution >= 0.6 is 11.3 Å². The minimum atomic E-state index is 0.623. The molecule has 0 atom stereocenters. The Hall–Kier alpha value is -8.06. The van der Waals surface area contributed by atoms with E-state index in [9.17, 15) is 0 Å². The lowest BCUT2D eigenvalue weighted by atomic mass is 10.00. The number of hydrogen-bond donors (Lipinski definition) is 0. The molecule has 0 N–H and O–H groups in total. The first kappa shape index (κ1) is 35.8. The van der Waals surface area contributed by atoms with Crippen LogP contribution in [0, 0.1) is 0 Å². The molecular weight excluding hydrogens is 775 g/mol. The summed E-state index contributed by atoms with van der Waals surface area (Å²) < 4.78 is 4.81. The van der Waals surface area contributed by atoms with Crippen LogP contribution in [0.3, 0.4) is 0 Å². The highest BCUT2D eigenvalue weighted by Gasteiger charge is 2.19. The molecule has 62 heavy (non-hydrogen) atoms. The number of fused-ring (bicyclic) bond motifs is 6. The van der Waals surface area contributed by atoms with Crippen molar-refractivity contribution in [2.45, 2.75) is 0 Å². The molecule has 8 aromatic carbocycles. The van der Waals surface area contributed by atoms with Crippen LogP contribution in [0.25, 0.3) is 115 Å². The molecule has 6 heteroatoms. The Morgan fingerprint density at radius 2 is 0.903 bits per heavy atom. The van der Waals surface area contributed by atoms with Gasteiger partial charge in [-0.2, -0.15) is 0 Å². The largest absolute Gasteiger partial charge is 0.309 e. The average Bonchev–Trinajstić information content (AvgIpc) is 3.90. The van der Waals surface area contributed by atoms with Crippen LogP contribution in [0.1, 0.15) is 0 Å². The van der Waals surface area contributed by atoms with Crippen LogP contribution < -0.4 is 0 Å². The van der Waals surface area contributed by atoms with Gasteiger partial charge in [-0.1, -0.05) is 158 Å². The van der Waals surface area contributed by atoms with Gasteiger partial charge in [-0.05, 0) is 70.3 Å². The predicted octanol–water partition coefficient (Wildman–Crippen LogP) is 14.7. The molecule has 0 aliphatic carbocycles. The molecule has 0 unspecified atom stereocenters. The predicted molar refractivity (Wildman–Crippen MR) is 257 cm³/mol. The van der Waals surface area contributed by atoms with Crippen molar-refractivity contribution in [2.24, 2.45) is 0 Å². The third-order valence-electron chi connectivity index (χ3n) is 11.7. The second-order valence-electron chi connectivity index (χ2n) is 15.5. The van der Waals surface area contributed by atoms with Crippen molar-refractivity contribution in [1.82, 2.24) is 24.5 Å². The number of hydrogen-bond acceptors (Lipinski definition) is 5. The maximum atomic E-state index is 5.12. The van der Waals surface area contributed by atoms with Gasteiger partial charge in [0.2, 0.25) is 0 Å². The third kappa shape index (κ3) is 6.24. The second kappa shape index (κ2) is 14.9. The van der Waals surface area contributed by atoms with Crippen molar-refractivity contribution in [3.8, 4) is 73.2 Å². The maximum absolute atomic E-state index is 5.12. The first-order valence-electron chi connectivity index (χ1n) is 20.7. The fraction of sp³-hybridized carbons (Fsp3) is 0. The quantitative estimate of drug-likeness (QED) is 0.161. The van der Waals surface area contributed by atoms with E-state index >= 15 is 0 Å². The molecule has 0 radical (unpaired) electrons. The van der Waals surface area contributed by atoms with Gasteiger partial charge < -0.3 is 4.57 Å². The molecule has 0 saturated carbocycles. The summed E-state index contributed by atoms with van der Waals surface area (Å²) in [6.07, 6.45) is 3.88. The number of thiophene rings is 1. The van der Waals surface area contributed by atoms with Gasteiger partial charge >= 0.3 is 0 Å². The Balaban J connectivity index is 1.01. The molecule has 0 spiro atoms. The van der Waals surface area contributed by atoms with E-state index in [1.54, 1.807) is 11.3 Å². The number of para-hydroxylation sites is 1. The number of benzene rings is 8. The van der Waals surface area contributed by atoms with E-state index in [1.165, 1.54) is 48.4 Å². The minimum Gasteiger partial charge on any atom is -0.309 e. The van der Waals surface area contributed by atoms with E-state index in [2.05, 4.69) is 173 Å². The lowest BCUT2D eigenvalue weighted by molar-refractivity contribution is 1.07. The molecule has 4 aromatic heterocycles. The summed E-state index contributed by atoms with van der Waals surface area (Å²) in [6.45, 7) is 0. The van der Waals surface area contributed by atoms with Crippen molar-refractivity contribution < 1.29 is 0 Å². The fourth-order valence-electron chi connectivity index (χ4n) is 8.74. The van der Waals surface area contributed by atoms with Crippen molar-refractivity contribution in [3.05, 3.63) is 213 Å². The first-order chi connectivity index (χ1) is 30.7. The molecule has 12 aromatic rings. The summed E-state index contributed by atoms with van der Waals surface area (Å²) in [5.74, 6) is 1.89. The second-order valence-corrected chi connectivity index (χ2v) is 16.5. The molecule has 5 nitrogen and oxygen atoms in total. The number of nitrogens with zero attached hydrogens (tertiary/aromatic N) is 5. The number of rotatable bonds is 7. The van der Waals surface area contributed by atoms with Gasteiger partial charge in [-0.3, -0.25) is 4.98 Å². The number of aromatic nitrogens is 5. The van der Waals surface area contributed by atoms with Crippen LogP contribution in [0.5, 0.6) is 0 Å². The zero-order valence-electron chi connectivity index (χ0n) is 33.4. The highest BCUT2D eigenvalue weighted by Crippen LogP contribution is 2.44. The molecule has 0 amide bonds. The Bertz CT molecular complexity index is 3610. The molecule has 290 valence electrons. The monoisotopic (exact) mass is 809 g/mol. The first-order valence-corrected chi connectivity index (χ1v) is 21.5. The SMILES string of the molecule is c1ccc(-c2cccc(-c3nc(-c4ccccc4)nc(-c4ccc(-c5cc(-n6c7ccccc7c7cc(-c8ccccc8)ccc76)cc6c5sc5cnccc56)cc4)n3)c2)cc1. The van der Waals surface area contributed by atoms with E-state index in [0.717, 1.165) is 49.3 Å². The van der Waals surface area contributed by atoms with E-state index < -0.39 is 0 Å². The number of pyridine rings is 1. The Kier molecular flexibility index (Phi) is 8.61. The van der Waals surface area contributed by atoms with Crippen LogP contribution in [0.4, 0.5) is 0 Å². The Morgan fingerprint density at radius 3 is 1.63 bits per heavy atom. The van der Waals surface area contributed by atoms with Crippen LogP contribution in [0.15, 0.2) is 213 Å². The Labute approximate surface area is 361 Å². The van der Waals surface area contributed by atoms with Gasteiger partial charge in [0.1, 0.15) is 0 Å². The van der Waals surface area contributed by atoms with Crippen LogP contribution in [-0.4, -0.2) is 24.5 Å². The van der Waals surface area contributed by atoms with Gasteiger partial charge in [-0.25, -0.2) is 15.0 Å². The van der Waals surface area contributed by atoms with Crippen molar-refractivity contribution >= 4 is 53.3 Å². The lowest BCUT2D eigenvalue weighted by Gasteiger charge is -2.13. The summed E-state index contributed by atoms with van der Waals surface area (Å²) in [6, 6.07) is 70.7. The van der Waals surface area contributed by atoms with E-state index in [-0.39, 0.29) is 0 Å². The molecule has 0 saturated heterocycles. The van der Waals surface area contributed by atoms with E-state index in [4.69, 9.17) is 15.0 Å². The molecular formula is C56H35N5S. The topological polar surface area (TPSA) is 56.5 Å². The maximum Gasteiger partial charge on any atom is 0.164 e. The van der Waals surface area contributed by atoms with Crippen molar-refractivity contribution in [2.75, 3.05) is 0 Å². The molecule has 0 aliphatic rings. The van der Waals surface area contributed by atoms with Gasteiger partial charge in [0.25, 0.3) is 0 Å². The summed E-state index contributed by atoms with van der Waals surface area (Å²) in [4.78, 5) is 19.7. The summed E-state index contributed by atoms with van der Waals surface area (Å²) >= 11 is 1.79. The molecule has 0 bridgehead atoms. The molecule has 4 heterocycles. The zero-order chi connectivity index (χ0) is 41.0.